The van der Waals surface area contributed by atoms with Crippen LogP contribution in [0.25, 0.3) is 11.1 Å². The van der Waals surface area contributed by atoms with Crippen molar-refractivity contribution in [2.24, 2.45) is 0 Å². The number of amides is 1. The summed E-state index contributed by atoms with van der Waals surface area (Å²) in [6.45, 7) is 1.98. The number of pyridine rings is 1. The molecule has 0 saturated carbocycles. The molecule has 0 radical (unpaired) electrons. The van der Waals surface area contributed by atoms with E-state index >= 15 is 0 Å². The first-order valence-electron chi connectivity index (χ1n) is 5.96. The Hall–Kier alpha value is -2.20. The molecule has 0 bridgehead atoms. The summed E-state index contributed by atoms with van der Waals surface area (Å²) < 4.78 is 0. The van der Waals surface area contributed by atoms with E-state index in [0.29, 0.717) is 5.56 Å². The lowest BCUT2D eigenvalue weighted by atomic mass is 9.99. The van der Waals surface area contributed by atoms with Gasteiger partial charge in [0.05, 0.1) is 7.11 Å². The number of hydroxylamine groups is 2. The molecule has 0 saturated heterocycles. The van der Waals surface area contributed by atoms with E-state index in [9.17, 15) is 4.79 Å². The minimum Gasteiger partial charge on any atom is -0.274 e. The summed E-state index contributed by atoms with van der Waals surface area (Å²) in [5.41, 5.74) is 3.75. The SMILES string of the molecule is CON(C)C(=O)c1ccc(-c2cccnc2)c(C)c1. The van der Waals surface area contributed by atoms with E-state index in [-0.39, 0.29) is 5.91 Å². The van der Waals surface area contributed by atoms with E-state index in [1.807, 2.05) is 37.4 Å². The van der Waals surface area contributed by atoms with Crippen molar-refractivity contribution in [3.63, 3.8) is 0 Å². The first kappa shape index (κ1) is 13.2. The average molecular weight is 256 g/mol. The monoisotopic (exact) mass is 256 g/mol. The molecule has 1 amide bonds. The van der Waals surface area contributed by atoms with Crippen molar-refractivity contribution in [2.75, 3.05) is 14.2 Å². The maximum Gasteiger partial charge on any atom is 0.277 e. The smallest absolute Gasteiger partial charge is 0.274 e. The predicted octanol–water partition coefficient (Wildman–Crippen LogP) is 2.69. The first-order valence-corrected chi connectivity index (χ1v) is 5.96. The number of rotatable bonds is 3. The van der Waals surface area contributed by atoms with Gasteiger partial charge in [-0.2, -0.15) is 0 Å². The Bertz CT molecular complexity index is 582. The van der Waals surface area contributed by atoms with Gasteiger partial charge in [-0.15, -0.1) is 0 Å². The van der Waals surface area contributed by atoms with Crippen molar-refractivity contribution >= 4 is 5.91 Å². The van der Waals surface area contributed by atoms with Crippen LogP contribution in [0.3, 0.4) is 0 Å². The molecule has 4 heteroatoms. The van der Waals surface area contributed by atoms with Crippen LogP contribution in [0.4, 0.5) is 0 Å². The summed E-state index contributed by atoms with van der Waals surface area (Å²) >= 11 is 0. The lowest BCUT2D eigenvalue weighted by Gasteiger charge is -2.14. The van der Waals surface area contributed by atoms with Crippen molar-refractivity contribution in [3.8, 4) is 11.1 Å². The Kier molecular flexibility index (Phi) is 3.92. The van der Waals surface area contributed by atoms with Gasteiger partial charge in [0.2, 0.25) is 0 Å². The largest absolute Gasteiger partial charge is 0.277 e. The molecular weight excluding hydrogens is 240 g/mol. The zero-order valence-electron chi connectivity index (χ0n) is 11.3. The van der Waals surface area contributed by atoms with E-state index in [0.717, 1.165) is 16.7 Å². The number of hydrogen-bond donors (Lipinski definition) is 0. The second-order valence-corrected chi connectivity index (χ2v) is 4.26. The molecule has 0 aliphatic heterocycles. The molecule has 1 heterocycles. The average Bonchev–Trinajstić information content (AvgIpc) is 2.46. The van der Waals surface area contributed by atoms with Crippen molar-refractivity contribution in [2.45, 2.75) is 6.92 Å². The number of nitrogens with zero attached hydrogens (tertiary/aromatic N) is 2. The first-order chi connectivity index (χ1) is 9.13. The zero-order valence-corrected chi connectivity index (χ0v) is 11.3. The summed E-state index contributed by atoms with van der Waals surface area (Å²) in [6, 6.07) is 9.49. The summed E-state index contributed by atoms with van der Waals surface area (Å²) in [5.74, 6) is -0.164. The molecule has 0 fully saturated rings. The fraction of sp³-hybridized carbons (Fsp3) is 0.200. The summed E-state index contributed by atoms with van der Waals surface area (Å²) in [6.07, 6.45) is 3.55. The van der Waals surface area contributed by atoms with Gasteiger partial charge in [-0.1, -0.05) is 12.1 Å². The van der Waals surface area contributed by atoms with Gasteiger partial charge in [0.1, 0.15) is 0 Å². The third-order valence-corrected chi connectivity index (χ3v) is 3.01. The fourth-order valence-electron chi connectivity index (χ4n) is 1.91. The molecule has 0 aliphatic rings. The maximum atomic E-state index is 12.0. The van der Waals surface area contributed by atoms with Crippen LogP contribution >= 0.6 is 0 Å². The third kappa shape index (κ3) is 2.80. The predicted molar refractivity (Wildman–Crippen MR) is 73.5 cm³/mol. The molecule has 1 aromatic carbocycles. The fourth-order valence-corrected chi connectivity index (χ4v) is 1.91. The van der Waals surface area contributed by atoms with Crippen molar-refractivity contribution < 1.29 is 9.63 Å². The molecule has 0 atom stereocenters. The highest BCUT2D eigenvalue weighted by atomic mass is 16.7. The minimum atomic E-state index is -0.164. The number of carbonyl (C=O) groups excluding carboxylic acids is 1. The van der Waals surface area contributed by atoms with Gasteiger partial charge in [-0.3, -0.25) is 14.6 Å². The van der Waals surface area contributed by atoms with Crippen LogP contribution in [0.1, 0.15) is 15.9 Å². The van der Waals surface area contributed by atoms with Crippen LogP contribution in [0.5, 0.6) is 0 Å². The van der Waals surface area contributed by atoms with Crippen molar-refractivity contribution in [1.82, 2.24) is 10.0 Å². The molecule has 2 rings (SSSR count). The quantitative estimate of drug-likeness (QED) is 0.793. The highest BCUT2D eigenvalue weighted by Gasteiger charge is 2.12. The Morgan fingerprint density at radius 1 is 1.32 bits per heavy atom. The van der Waals surface area contributed by atoms with Gasteiger partial charge in [0.25, 0.3) is 5.91 Å². The summed E-state index contributed by atoms with van der Waals surface area (Å²) in [7, 11) is 3.06. The van der Waals surface area contributed by atoms with E-state index in [2.05, 4.69) is 4.98 Å². The lowest BCUT2D eigenvalue weighted by Crippen LogP contribution is -2.25. The molecule has 98 valence electrons. The van der Waals surface area contributed by atoms with Crippen LogP contribution in [0.2, 0.25) is 0 Å². The van der Waals surface area contributed by atoms with Crippen molar-refractivity contribution in [1.29, 1.82) is 0 Å². The Labute approximate surface area is 112 Å². The molecule has 19 heavy (non-hydrogen) atoms. The molecule has 1 aromatic heterocycles. The van der Waals surface area contributed by atoms with Gasteiger partial charge in [0.15, 0.2) is 0 Å². The molecule has 0 unspecified atom stereocenters. The molecule has 0 aliphatic carbocycles. The van der Waals surface area contributed by atoms with Crippen molar-refractivity contribution in [3.05, 3.63) is 53.9 Å². The number of hydrogen-bond acceptors (Lipinski definition) is 3. The third-order valence-electron chi connectivity index (χ3n) is 3.01. The van der Waals surface area contributed by atoms with E-state index in [1.165, 1.54) is 12.2 Å². The Morgan fingerprint density at radius 3 is 2.68 bits per heavy atom. The number of carbonyl (C=O) groups is 1. The van der Waals surface area contributed by atoms with Gasteiger partial charge >= 0.3 is 0 Å². The highest BCUT2D eigenvalue weighted by Crippen LogP contribution is 2.23. The molecular formula is C15H16N2O2. The van der Waals surface area contributed by atoms with Crippen LogP contribution in [0.15, 0.2) is 42.7 Å². The minimum absolute atomic E-state index is 0.164. The molecule has 4 nitrogen and oxygen atoms in total. The standard InChI is InChI=1S/C15H16N2O2/c1-11-9-12(15(18)17(2)19-3)6-7-14(11)13-5-4-8-16-10-13/h4-10H,1-3H3. The number of aromatic nitrogens is 1. The lowest BCUT2D eigenvalue weighted by molar-refractivity contribution is -0.0757. The molecule has 0 spiro atoms. The summed E-state index contributed by atoms with van der Waals surface area (Å²) in [5, 5.41) is 1.21. The van der Waals surface area contributed by atoms with Crippen LogP contribution < -0.4 is 0 Å². The van der Waals surface area contributed by atoms with Gasteiger partial charge in [-0.05, 0) is 36.2 Å². The van der Waals surface area contributed by atoms with E-state index < -0.39 is 0 Å². The Morgan fingerprint density at radius 2 is 2.11 bits per heavy atom. The van der Waals surface area contributed by atoms with Crippen LogP contribution in [0, 0.1) is 6.92 Å². The van der Waals surface area contributed by atoms with Gasteiger partial charge in [-0.25, -0.2) is 5.06 Å². The van der Waals surface area contributed by atoms with E-state index in [1.54, 1.807) is 19.3 Å². The molecule has 0 N–H and O–H groups in total. The van der Waals surface area contributed by atoms with Crippen LogP contribution in [-0.4, -0.2) is 30.1 Å². The highest BCUT2D eigenvalue weighted by molar-refractivity contribution is 5.94. The van der Waals surface area contributed by atoms with E-state index in [4.69, 9.17) is 4.84 Å². The molecule has 2 aromatic rings. The number of aryl methyl sites for hydroxylation is 1. The second-order valence-electron chi connectivity index (χ2n) is 4.26. The van der Waals surface area contributed by atoms with Gasteiger partial charge < -0.3 is 0 Å². The second kappa shape index (κ2) is 5.63. The van der Waals surface area contributed by atoms with Gasteiger partial charge in [0, 0.05) is 30.6 Å². The number of benzene rings is 1. The Balaban J connectivity index is 2.35. The normalized spacial score (nSPS) is 10.3. The summed E-state index contributed by atoms with van der Waals surface area (Å²) in [4.78, 5) is 21.0. The zero-order chi connectivity index (χ0) is 13.8. The topological polar surface area (TPSA) is 42.4 Å². The maximum absolute atomic E-state index is 12.0. The van der Waals surface area contributed by atoms with Crippen LogP contribution in [-0.2, 0) is 4.84 Å².